The van der Waals surface area contributed by atoms with Gasteiger partial charge in [-0.05, 0) is 37.3 Å². The number of hydrogen-bond acceptors (Lipinski definition) is 7. The van der Waals surface area contributed by atoms with Gasteiger partial charge in [-0.3, -0.25) is 0 Å². The van der Waals surface area contributed by atoms with Crippen LogP contribution in [0.1, 0.15) is 21.1 Å². The van der Waals surface area contributed by atoms with E-state index < -0.39 is 5.97 Å². The third kappa shape index (κ3) is 4.27. The SMILES string of the molecule is Cc1nc(COc2ncccn2)sc1-c1cccc(-c2ccc(C(=O)O)cc2)n1. The van der Waals surface area contributed by atoms with Gasteiger partial charge in [0.1, 0.15) is 11.6 Å². The van der Waals surface area contributed by atoms with E-state index in [1.807, 2.05) is 25.1 Å². The van der Waals surface area contributed by atoms with Crippen LogP contribution in [-0.4, -0.2) is 31.0 Å². The van der Waals surface area contributed by atoms with Gasteiger partial charge < -0.3 is 9.84 Å². The Labute approximate surface area is 170 Å². The number of ether oxygens (including phenoxy) is 1. The first-order valence-corrected chi connectivity index (χ1v) is 9.59. The predicted octanol–water partition coefficient (Wildman–Crippen LogP) is 4.25. The van der Waals surface area contributed by atoms with Crippen LogP contribution in [0.4, 0.5) is 0 Å². The number of thiazole rings is 1. The van der Waals surface area contributed by atoms with Crippen molar-refractivity contribution < 1.29 is 14.6 Å². The van der Waals surface area contributed by atoms with E-state index in [1.54, 1.807) is 42.7 Å². The predicted molar refractivity (Wildman–Crippen MR) is 109 cm³/mol. The quantitative estimate of drug-likeness (QED) is 0.513. The molecule has 4 aromatic rings. The first-order chi connectivity index (χ1) is 14.1. The van der Waals surface area contributed by atoms with Gasteiger partial charge in [-0.25, -0.2) is 24.7 Å². The first-order valence-electron chi connectivity index (χ1n) is 8.77. The molecular weight excluding hydrogens is 388 g/mol. The second kappa shape index (κ2) is 8.15. The molecule has 0 saturated heterocycles. The molecule has 3 aromatic heterocycles. The first kappa shape index (κ1) is 18.7. The van der Waals surface area contributed by atoms with Gasteiger partial charge in [0.05, 0.1) is 27.5 Å². The number of carboxylic acids is 1. The average Bonchev–Trinajstić information content (AvgIpc) is 3.14. The molecule has 0 unspecified atom stereocenters. The number of aryl methyl sites for hydroxylation is 1. The lowest BCUT2D eigenvalue weighted by Gasteiger charge is -2.04. The largest absolute Gasteiger partial charge is 0.478 e. The second-order valence-electron chi connectivity index (χ2n) is 6.13. The molecule has 0 atom stereocenters. The Balaban J connectivity index is 1.56. The second-order valence-corrected chi connectivity index (χ2v) is 7.22. The summed E-state index contributed by atoms with van der Waals surface area (Å²) >= 11 is 1.51. The Morgan fingerprint density at radius 3 is 2.45 bits per heavy atom. The summed E-state index contributed by atoms with van der Waals surface area (Å²) in [5.74, 6) is -0.950. The highest BCUT2D eigenvalue weighted by molar-refractivity contribution is 7.15. The van der Waals surface area contributed by atoms with E-state index in [-0.39, 0.29) is 12.2 Å². The Hall–Kier alpha value is -3.65. The van der Waals surface area contributed by atoms with E-state index in [4.69, 9.17) is 14.8 Å². The Bertz CT molecular complexity index is 1140. The van der Waals surface area contributed by atoms with Crippen LogP contribution in [0, 0.1) is 6.92 Å². The summed E-state index contributed by atoms with van der Waals surface area (Å²) in [5.41, 5.74) is 3.54. The van der Waals surface area contributed by atoms with Gasteiger partial charge in [-0.1, -0.05) is 18.2 Å². The maximum atomic E-state index is 11.0. The fourth-order valence-corrected chi connectivity index (χ4v) is 3.69. The van der Waals surface area contributed by atoms with Gasteiger partial charge in [0, 0.05) is 18.0 Å². The number of hydrogen-bond donors (Lipinski definition) is 1. The van der Waals surface area contributed by atoms with Crippen molar-refractivity contribution in [2.45, 2.75) is 13.5 Å². The third-order valence-corrected chi connectivity index (χ3v) is 5.27. The van der Waals surface area contributed by atoms with Gasteiger partial charge in [0.2, 0.25) is 0 Å². The van der Waals surface area contributed by atoms with Gasteiger partial charge >= 0.3 is 12.0 Å². The maximum Gasteiger partial charge on any atom is 0.335 e. The number of nitrogens with zero attached hydrogens (tertiary/aromatic N) is 4. The van der Waals surface area contributed by atoms with Crippen LogP contribution in [0.5, 0.6) is 6.01 Å². The summed E-state index contributed by atoms with van der Waals surface area (Å²) in [7, 11) is 0. The molecule has 0 aliphatic heterocycles. The zero-order chi connectivity index (χ0) is 20.2. The summed E-state index contributed by atoms with van der Waals surface area (Å²) in [6.07, 6.45) is 3.25. The molecular formula is C21H16N4O3S. The molecule has 7 nitrogen and oxygen atoms in total. The molecule has 144 valence electrons. The van der Waals surface area contributed by atoms with Crippen LogP contribution in [0.3, 0.4) is 0 Å². The lowest BCUT2D eigenvalue weighted by molar-refractivity contribution is 0.0697. The summed E-state index contributed by atoms with van der Waals surface area (Å²) < 4.78 is 5.58. The molecule has 3 heterocycles. The van der Waals surface area contributed by atoms with Crippen LogP contribution in [0.2, 0.25) is 0 Å². The Morgan fingerprint density at radius 1 is 1.00 bits per heavy atom. The molecule has 8 heteroatoms. The van der Waals surface area contributed by atoms with Gasteiger partial charge in [-0.2, -0.15) is 0 Å². The molecule has 4 rings (SSSR count). The van der Waals surface area contributed by atoms with Crippen LogP contribution in [0.25, 0.3) is 21.8 Å². The topological polar surface area (TPSA) is 98.1 Å². The van der Waals surface area contributed by atoms with Crippen molar-refractivity contribution in [2.75, 3.05) is 0 Å². The van der Waals surface area contributed by atoms with Crippen LogP contribution < -0.4 is 4.74 Å². The van der Waals surface area contributed by atoms with Gasteiger partial charge in [0.25, 0.3) is 0 Å². The highest BCUT2D eigenvalue weighted by Gasteiger charge is 2.13. The maximum absolute atomic E-state index is 11.0. The fraction of sp³-hybridized carbons (Fsp3) is 0.0952. The molecule has 0 bridgehead atoms. The van der Waals surface area contributed by atoms with E-state index in [1.165, 1.54) is 11.3 Å². The number of pyridine rings is 1. The minimum absolute atomic E-state index is 0.246. The molecule has 1 aromatic carbocycles. The highest BCUT2D eigenvalue weighted by atomic mass is 32.1. The highest BCUT2D eigenvalue weighted by Crippen LogP contribution is 2.30. The van der Waals surface area contributed by atoms with Crippen molar-refractivity contribution in [3.63, 3.8) is 0 Å². The van der Waals surface area contributed by atoms with Crippen molar-refractivity contribution in [2.24, 2.45) is 0 Å². The number of aromatic carboxylic acids is 1. The summed E-state index contributed by atoms with van der Waals surface area (Å²) in [6.45, 7) is 2.22. The molecule has 1 N–H and O–H groups in total. The van der Waals surface area contributed by atoms with Crippen LogP contribution in [-0.2, 0) is 6.61 Å². The zero-order valence-corrected chi connectivity index (χ0v) is 16.3. The van der Waals surface area contributed by atoms with Crippen molar-refractivity contribution >= 4 is 17.3 Å². The van der Waals surface area contributed by atoms with E-state index in [0.717, 1.165) is 32.5 Å². The van der Waals surface area contributed by atoms with Crippen LogP contribution in [0.15, 0.2) is 60.9 Å². The molecule has 0 amide bonds. The molecule has 0 fully saturated rings. The number of aromatic nitrogens is 4. The normalized spacial score (nSPS) is 10.7. The number of carbonyl (C=O) groups is 1. The third-order valence-electron chi connectivity index (χ3n) is 4.12. The standard InChI is InChI=1S/C21H16N4O3S/c1-13-19(29-18(24-13)12-28-21-22-10-3-11-23-21)17-5-2-4-16(25-17)14-6-8-15(9-7-14)20(26)27/h2-11H,12H2,1H3,(H,26,27). The molecule has 0 aliphatic carbocycles. The van der Waals surface area contributed by atoms with E-state index in [9.17, 15) is 4.79 Å². The minimum Gasteiger partial charge on any atom is -0.478 e. The summed E-state index contributed by atoms with van der Waals surface area (Å²) in [5, 5.41) is 9.86. The van der Waals surface area contributed by atoms with Crippen molar-refractivity contribution in [1.82, 2.24) is 19.9 Å². The number of rotatable bonds is 6. The summed E-state index contributed by atoms with van der Waals surface area (Å²) in [4.78, 5) is 29.4. The van der Waals surface area contributed by atoms with E-state index in [2.05, 4.69) is 15.0 Å². The Kier molecular flexibility index (Phi) is 5.26. The fourth-order valence-electron chi connectivity index (χ4n) is 2.74. The van der Waals surface area contributed by atoms with Crippen LogP contribution >= 0.6 is 11.3 Å². The van der Waals surface area contributed by atoms with Crippen molar-refractivity contribution in [3.8, 4) is 27.8 Å². The van der Waals surface area contributed by atoms with Gasteiger partial charge in [0.15, 0.2) is 0 Å². The molecule has 0 aliphatic rings. The zero-order valence-electron chi connectivity index (χ0n) is 15.4. The summed E-state index contributed by atoms with van der Waals surface area (Å²) in [6, 6.07) is 14.5. The van der Waals surface area contributed by atoms with Gasteiger partial charge in [-0.15, -0.1) is 11.3 Å². The molecule has 29 heavy (non-hydrogen) atoms. The van der Waals surface area contributed by atoms with Crippen molar-refractivity contribution in [1.29, 1.82) is 0 Å². The number of benzene rings is 1. The molecule has 0 spiro atoms. The average molecular weight is 404 g/mol. The minimum atomic E-state index is -0.950. The monoisotopic (exact) mass is 404 g/mol. The Morgan fingerprint density at radius 2 is 1.72 bits per heavy atom. The lowest BCUT2D eigenvalue weighted by Crippen LogP contribution is -1.98. The smallest absolute Gasteiger partial charge is 0.335 e. The molecule has 0 radical (unpaired) electrons. The number of carboxylic acid groups (broad SMARTS) is 1. The lowest BCUT2D eigenvalue weighted by atomic mass is 10.1. The molecule has 0 saturated carbocycles. The van der Waals surface area contributed by atoms with E-state index >= 15 is 0 Å². The van der Waals surface area contributed by atoms with Crippen molar-refractivity contribution in [3.05, 3.63) is 77.2 Å². The van der Waals surface area contributed by atoms with E-state index in [0.29, 0.717) is 6.01 Å².